The van der Waals surface area contributed by atoms with Crippen molar-refractivity contribution in [1.82, 2.24) is 5.48 Å². The minimum absolute atomic E-state index is 0.141. The van der Waals surface area contributed by atoms with E-state index in [1.165, 1.54) is 17.6 Å². The normalized spacial score (nSPS) is 11.0. The van der Waals surface area contributed by atoms with Crippen molar-refractivity contribution in [3.05, 3.63) is 77.4 Å². The molecule has 0 aliphatic heterocycles. The summed E-state index contributed by atoms with van der Waals surface area (Å²) >= 11 is 0. The van der Waals surface area contributed by atoms with Gasteiger partial charge < -0.3 is 5.73 Å². The minimum Gasteiger partial charge on any atom is -0.399 e. The van der Waals surface area contributed by atoms with Crippen molar-refractivity contribution in [1.29, 1.82) is 0 Å². The van der Waals surface area contributed by atoms with Crippen LogP contribution in [0.4, 0.5) is 5.69 Å². The summed E-state index contributed by atoms with van der Waals surface area (Å²) in [5.41, 5.74) is 9.83. The summed E-state index contributed by atoms with van der Waals surface area (Å²) in [6, 6.07) is 14.0. The van der Waals surface area contributed by atoms with E-state index in [-0.39, 0.29) is 5.78 Å². The van der Waals surface area contributed by atoms with Crippen molar-refractivity contribution in [2.45, 2.75) is 0 Å². The maximum Gasteiger partial charge on any atom is 0.267 e. The lowest BCUT2D eigenvalue weighted by Gasteiger charge is -1.99. The zero-order valence-electron chi connectivity index (χ0n) is 12.3. The Morgan fingerprint density at radius 3 is 2.26 bits per heavy atom. The Hall–Kier alpha value is -3.18. The number of ketones is 1. The molecule has 0 fully saturated rings. The second kappa shape index (κ2) is 7.72. The molecule has 0 saturated heterocycles. The van der Waals surface area contributed by atoms with Gasteiger partial charge in [0.25, 0.3) is 5.91 Å². The molecule has 2 aromatic rings. The van der Waals surface area contributed by atoms with Crippen molar-refractivity contribution in [3.63, 3.8) is 0 Å². The van der Waals surface area contributed by atoms with Crippen LogP contribution in [0.3, 0.4) is 0 Å². The third kappa shape index (κ3) is 4.94. The number of nitrogens with two attached hydrogens (primary N) is 1. The van der Waals surface area contributed by atoms with Crippen molar-refractivity contribution >= 4 is 29.5 Å². The average Bonchev–Trinajstić information content (AvgIpc) is 2.58. The first-order valence-corrected chi connectivity index (χ1v) is 6.88. The van der Waals surface area contributed by atoms with Crippen LogP contribution >= 0.6 is 0 Å². The Labute approximate surface area is 133 Å². The summed E-state index contributed by atoms with van der Waals surface area (Å²) in [4.78, 5) is 23.0. The molecule has 2 rings (SSSR count). The number of nitrogen functional groups attached to an aromatic ring is 1. The molecule has 116 valence electrons. The van der Waals surface area contributed by atoms with E-state index in [1.807, 2.05) is 12.1 Å². The Balaban J connectivity index is 2.12. The highest BCUT2D eigenvalue weighted by molar-refractivity contribution is 6.07. The van der Waals surface area contributed by atoms with Crippen LogP contribution in [0.25, 0.3) is 12.2 Å². The van der Waals surface area contributed by atoms with E-state index in [0.29, 0.717) is 11.3 Å². The van der Waals surface area contributed by atoms with Crippen molar-refractivity contribution in [2.24, 2.45) is 0 Å². The molecular weight excluding hydrogens is 292 g/mol. The average molecular weight is 308 g/mol. The highest BCUT2D eigenvalue weighted by Crippen LogP contribution is 2.11. The Morgan fingerprint density at radius 2 is 1.61 bits per heavy atom. The molecule has 23 heavy (non-hydrogen) atoms. The number of carbonyl (C=O) groups is 2. The van der Waals surface area contributed by atoms with Crippen LogP contribution in [0, 0.1) is 0 Å². The number of carbonyl (C=O) groups excluding carboxylic acids is 2. The quantitative estimate of drug-likeness (QED) is 0.260. The highest BCUT2D eigenvalue weighted by Gasteiger charge is 2.01. The largest absolute Gasteiger partial charge is 0.399 e. The van der Waals surface area contributed by atoms with E-state index in [1.54, 1.807) is 48.6 Å². The summed E-state index contributed by atoms with van der Waals surface area (Å²) in [5.74, 6) is -0.749. The van der Waals surface area contributed by atoms with Crippen LogP contribution in [-0.4, -0.2) is 16.9 Å². The van der Waals surface area contributed by atoms with Gasteiger partial charge in [-0.05, 0) is 41.5 Å². The molecule has 0 spiro atoms. The van der Waals surface area contributed by atoms with Gasteiger partial charge >= 0.3 is 0 Å². The SMILES string of the molecule is Nc1cccc(C(=O)/C=C/c2cccc(/C=C/C(=O)NO)c2)c1. The predicted octanol–water partition coefficient (Wildman–Crippen LogP) is 2.68. The van der Waals surface area contributed by atoms with E-state index in [2.05, 4.69) is 0 Å². The molecule has 5 heteroatoms. The van der Waals surface area contributed by atoms with Crippen LogP contribution in [0.1, 0.15) is 21.5 Å². The van der Waals surface area contributed by atoms with Gasteiger partial charge in [-0.15, -0.1) is 0 Å². The van der Waals surface area contributed by atoms with Crippen LogP contribution in [0.15, 0.2) is 60.7 Å². The Bertz CT molecular complexity index is 779. The topological polar surface area (TPSA) is 92.4 Å². The molecule has 0 heterocycles. The van der Waals surface area contributed by atoms with E-state index >= 15 is 0 Å². The number of amides is 1. The maximum atomic E-state index is 12.1. The summed E-state index contributed by atoms with van der Waals surface area (Å²) in [6.45, 7) is 0. The third-order valence-corrected chi connectivity index (χ3v) is 3.05. The summed E-state index contributed by atoms with van der Waals surface area (Å²) in [6.07, 6.45) is 5.93. The van der Waals surface area contributed by atoms with E-state index in [0.717, 1.165) is 11.1 Å². The molecule has 0 atom stereocenters. The fourth-order valence-corrected chi connectivity index (χ4v) is 1.94. The van der Waals surface area contributed by atoms with Crippen molar-refractivity contribution in [2.75, 3.05) is 5.73 Å². The smallest absolute Gasteiger partial charge is 0.267 e. The lowest BCUT2D eigenvalue weighted by atomic mass is 10.1. The predicted molar refractivity (Wildman–Crippen MR) is 89.6 cm³/mol. The summed E-state index contributed by atoms with van der Waals surface area (Å²) < 4.78 is 0. The fourth-order valence-electron chi connectivity index (χ4n) is 1.94. The molecule has 0 radical (unpaired) electrons. The number of allylic oxidation sites excluding steroid dienone is 1. The summed E-state index contributed by atoms with van der Waals surface area (Å²) in [7, 11) is 0. The molecule has 1 amide bonds. The van der Waals surface area contributed by atoms with Gasteiger partial charge in [0.2, 0.25) is 0 Å². The number of hydroxylamine groups is 1. The molecule has 0 bridgehead atoms. The van der Waals surface area contributed by atoms with Gasteiger partial charge in [-0.2, -0.15) is 0 Å². The van der Waals surface area contributed by atoms with Crippen LogP contribution in [0.2, 0.25) is 0 Å². The number of nitrogens with one attached hydrogen (secondary N) is 1. The van der Waals surface area contributed by atoms with Gasteiger partial charge in [-0.25, -0.2) is 5.48 Å². The van der Waals surface area contributed by atoms with E-state index < -0.39 is 5.91 Å². The van der Waals surface area contributed by atoms with Crippen LogP contribution in [0.5, 0.6) is 0 Å². The molecule has 0 aliphatic rings. The molecule has 4 N–H and O–H groups in total. The third-order valence-electron chi connectivity index (χ3n) is 3.05. The van der Waals surface area contributed by atoms with Gasteiger partial charge in [0, 0.05) is 17.3 Å². The number of rotatable bonds is 5. The molecule has 0 saturated carbocycles. The second-order valence-corrected chi connectivity index (χ2v) is 4.80. The first-order chi connectivity index (χ1) is 11.1. The molecule has 5 nitrogen and oxygen atoms in total. The van der Waals surface area contributed by atoms with Gasteiger partial charge in [-0.3, -0.25) is 14.8 Å². The zero-order chi connectivity index (χ0) is 16.7. The van der Waals surface area contributed by atoms with E-state index in [4.69, 9.17) is 10.9 Å². The van der Waals surface area contributed by atoms with Crippen LogP contribution in [-0.2, 0) is 4.79 Å². The molecule has 0 unspecified atom stereocenters. The van der Waals surface area contributed by atoms with Gasteiger partial charge in [-0.1, -0.05) is 36.4 Å². The monoisotopic (exact) mass is 308 g/mol. The Morgan fingerprint density at radius 1 is 0.957 bits per heavy atom. The standard InChI is InChI=1S/C18H16N2O3/c19-16-6-2-5-15(12-16)17(21)9-7-13-3-1-4-14(11-13)8-10-18(22)20-23/h1-12,23H,19H2,(H,20,22)/b9-7+,10-8+. The lowest BCUT2D eigenvalue weighted by Crippen LogP contribution is -2.14. The highest BCUT2D eigenvalue weighted by atomic mass is 16.5. The minimum atomic E-state index is -0.609. The summed E-state index contributed by atoms with van der Waals surface area (Å²) in [5, 5.41) is 8.43. The van der Waals surface area contributed by atoms with Gasteiger partial charge in [0.15, 0.2) is 5.78 Å². The molecule has 0 aliphatic carbocycles. The van der Waals surface area contributed by atoms with Gasteiger partial charge in [0.1, 0.15) is 0 Å². The number of hydrogen-bond acceptors (Lipinski definition) is 4. The lowest BCUT2D eigenvalue weighted by molar-refractivity contribution is -0.124. The first-order valence-electron chi connectivity index (χ1n) is 6.88. The number of anilines is 1. The maximum absolute atomic E-state index is 12.1. The van der Waals surface area contributed by atoms with Crippen molar-refractivity contribution < 1.29 is 14.8 Å². The molecule has 2 aromatic carbocycles. The zero-order valence-corrected chi connectivity index (χ0v) is 12.3. The molecular formula is C18H16N2O3. The second-order valence-electron chi connectivity index (χ2n) is 4.80. The fraction of sp³-hybridized carbons (Fsp3) is 0. The number of hydrogen-bond donors (Lipinski definition) is 3. The molecule has 0 aromatic heterocycles. The number of benzene rings is 2. The first kappa shape index (κ1) is 16.2. The van der Waals surface area contributed by atoms with E-state index in [9.17, 15) is 9.59 Å². The Kier molecular flexibility index (Phi) is 5.44. The van der Waals surface area contributed by atoms with Crippen LogP contribution < -0.4 is 11.2 Å². The van der Waals surface area contributed by atoms with Crippen molar-refractivity contribution in [3.8, 4) is 0 Å². The van der Waals surface area contributed by atoms with Gasteiger partial charge in [0.05, 0.1) is 0 Å².